The van der Waals surface area contributed by atoms with E-state index in [0.29, 0.717) is 0 Å². The van der Waals surface area contributed by atoms with Crippen molar-refractivity contribution in [2.45, 2.75) is 13.3 Å². The fourth-order valence-electron chi connectivity index (χ4n) is 0.929. The molecule has 0 spiro atoms. The Bertz CT molecular complexity index is 264. The molecular weight excluding hydrogens is 204 g/mol. The van der Waals surface area contributed by atoms with Crippen LogP contribution in [0.2, 0.25) is 0 Å². The lowest BCUT2D eigenvalue weighted by molar-refractivity contribution is 1.14. The zero-order valence-corrected chi connectivity index (χ0v) is 9.31. The number of rotatable bonds is 2. The minimum Gasteiger partial charge on any atom is -0.105 e. The summed E-state index contributed by atoms with van der Waals surface area (Å²) in [5, 5.41) is 0. The maximum absolute atomic E-state index is 5.09. The molecule has 0 radical (unpaired) electrons. The smallest absolute Gasteiger partial charge is 0.0882 e. The van der Waals surface area contributed by atoms with Crippen LogP contribution in [0, 0.1) is 0 Å². The minimum absolute atomic E-state index is 0.834. The summed E-state index contributed by atoms with van der Waals surface area (Å²) in [6.45, 7) is 2.14. The first-order valence-corrected chi connectivity index (χ1v) is 6.00. The predicted octanol–water partition coefficient (Wildman–Crippen LogP) is 3.50. The summed E-state index contributed by atoms with van der Waals surface area (Å²) in [7, 11) is 1.32. The molecule has 1 aromatic carbocycles. The van der Waals surface area contributed by atoms with Crippen LogP contribution in [-0.4, -0.2) is 4.20 Å². The Morgan fingerprint density at radius 3 is 2.42 bits per heavy atom. The first-order valence-electron chi connectivity index (χ1n) is 3.72. The molecule has 0 heterocycles. The molecule has 0 amide bonds. The van der Waals surface area contributed by atoms with Crippen molar-refractivity contribution in [1.29, 1.82) is 0 Å². The Hall–Kier alpha value is 0.01000. The lowest BCUT2D eigenvalue weighted by atomic mass is 10.1. The Morgan fingerprint density at radius 1 is 1.42 bits per heavy atom. The fraction of sp³-hybridized carbons (Fsp3) is 0.222. The lowest BCUT2D eigenvalue weighted by Gasteiger charge is -2.00. The van der Waals surface area contributed by atoms with Crippen molar-refractivity contribution in [3.8, 4) is 0 Å². The molecule has 0 atom stereocenters. The second-order valence-corrected chi connectivity index (χ2v) is 4.23. The van der Waals surface area contributed by atoms with Gasteiger partial charge in [-0.25, -0.2) is 0 Å². The largest absolute Gasteiger partial charge is 0.105 e. The summed E-state index contributed by atoms with van der Waals surface area (Å²) in [5.41, 5.74) is 2.42. The highest BCUT2D eigenvalue weighted by atomic mass is 33.1. The van der Waals surface area contributed by atoms with E-state index in [1.165, 1.54) is 16.4 Å². The number of hydrogen-bond acceptors (Lipinski definition) is 3. The van der Waals surface area contributed by atoms with E-state index in [-0.39, 0.29) is 0 Å². The standard InChI is InChI=1S/C9H10S3/c1-2-7-3-5-8(6-4-7)9(10)12-11/h3-6,11H,2H2,1H3. The lowest BCUT2D eigenvalue weighted by Crippen LogP contribution is -1.89. The molecule has 3 heteroatoms. The number of aryl methyl sites for hydroxylation is 1. The van der Waals surface area contributed by atoms with Gasteiger partial charge in [-0.3, -0.25) is 0 Å². The molecule has 0 fully saturated rings. The topological polar surface area (TPSA) is 0 Å². The van der Waals surface area contributed by atoms with Crippen LogP contribution in [0.1, 0.15) is 18.1 Å². The van der Waals surface area contributed by atoms with Crippen molar-refractivity contribution < 1.29 is 0 Å². The summed E-state index contributed by atoms with van der Waals surface area (Å²) in [6.07, 6.45) is 1.07. The monoisotopic (exact) mass is 214 g/mol. The number of benzene rings is 1. The van der Waals surface area contributed by atoms with E-state index in [0.717, 1.165) is 16.2 Å². The Kier molecular flexibility index (Phi) is 4.12. The SMILES string of the molecule is CCc1ccc(C(=S)SS)cc1. The van der Waals surface area contributed by atoms with Gasteiger partial charge in [0.05, 0.1) is 4.20 Å². The molecule has 64 valence electrons. The summed E-state index contributed by atoms with van der Waals surface area (Å²) in [4.78, 5) is 0. The van der Waals surface area contributed by atoms with Crippen LogP contribution in [0.15, 0.2) is 24.3 Å². The molecule has 0 N–H and O–H groups in total. The molecule has 0 aliphatic carbocycles. The van der Waals surface area contributed by atoms with Gasteiger partial charge in [0.1, 0.15) is 0 Å². The van der Waals surface area contributed by atoms with Gasteiger partial charge in [-0.2, -0.15) is 0 Å². The van der Waals surface area contributed by atoms with Crippen molar-refractivity contribution in [2.24, 2.45) is 0 Å². The second-order valence-electron chi connectivity index (χ2n) is 2.43. The highest BCUT2D eigenvalue weighted by Crippen LogP contribution is 2.17. The first kappa shape index (κ1) is 10.1. The van der Waals surface area contributed by atoms with Gasteiger partial charge in [-0.1, -0.05) is 43.4 Å². The fourth-order valence-corrected chi connectivity index (χ4v) is 1.62. The zero-order chi connectivity index (χ0) is 8.97. The van der Waals surface area contributed by atoms with E-state index < -0.39 is 0 Å². The van der Waals surface area contributed by atoms with E-state index in [1.807, 2.05) is 12.1 Å². The molecule has 0 unspecified atom stereocenters. The molecule has 1 rings (SSSR count). The van der Waals surface area contributed by atoms with Gasteiger partial charge >= 0.3 is 0 Å². The van der Waals surface area contributed by atoms with E-state index >= 15 is 0 Å². The molecule has 1 aromatic rings. The summed E-state index contributed by atoms with van der Waals surface area (Å²) < 4.78 is 0.834. The van der Waals surface area contributed by atoms with E-state index in [4.69, 9.17) is 12.2 Å². The van der Waals surface area contributed by atoms with Crippen molar-refractivity contribution in [2.75, 3.05) is 0 Å². The quantitative estimate of drug-likeness (QED) is 0.454. The maximum atomic E-state index is 5.09. The highest BCUT2D eigenvalue weighted by Gasteiger charge is 1.98. The molecule has 0 aliphatic rings. The summed E-state index contributed by atoms with van der Waals surface area (Å²) in [5.74, 6) is 0. The average molecular weight is 214 g/mol. The highest BCUT2D eigenvalue weighted by molar-refractivity contribution is 8.76. The van der Waals surface area contributed by atoms with Gasteiger partial charge in [0, 0.05) is 0 Å². The molecular formula is C9H10S3. The molecule has 0 aromatic heterocycles. The van der Waals surface area contributed by atoms with E-state index in [2.05, 4.69) is 30.7 Å². The Morgan fingerprint density at radius 2 is 2.00 bits per heavy atom. The van der Waals surface area contributed by atoms with Crippen LogP contribution in [-0.2, 0) is 6.42 Å². The van der Waals surface area contributed by atoms with Crippen LogP contribution in [0.3, 0.4) is 0 Å². The number of thiocarbonyl (C=S) groups is 1. The molecule has 0 nitrogen and oxygen atoms in total. The van der Waals surface area contributed by atoms with Crippen LogP contribution >= 0.6 is 34.7 Å². The molecule has 0 saturated heterocycles. The first-order chi connectivity index (χ1) is 5.77. The van der Waals surface area contributed by atoms with Crippen molar-refractivity contribution >= 4 is 38.9 Å². The van der Waals surface area contributed by atoms with Gasteiger partial charge in [-0.05, 0) is 28.3 Å². The van der Waals surface area contributed by atoms with Crippen molar-refractivity contribution in [1.82, 2.24) is 0 Å². The third-order valence-corrected chi connectivity index (χ3v) is 3.49. The molecule has 0 bridgehead atoms. The predicted molar refractivity (Wildman–Crippen MR) is 64.1 cm³/mol. The molecule has 0 aliphatic heterocycles. The van der Waals surface area contributed by atoms with Gasteiger partial charge in [0.2, 0.25) is 0 Å². The van der Waals surface area contributed by atoms with Gasteiger partial charge in [-0.15, -0.1) is 11.7 Å². The van der Waals surface area contributed by atoms with E-state index in [1.54, 1.807) is 0 Å². The van der Waals surface area contributed by atoms with Crippen LogP contribution in [0.25, 0.3) is 0 Å². The van der Waals surface area contributed by atoms with Crippen LogP contribution in [0.4, 0.5) is 0 Å². The maximum Gasteiger partial charge on any atom is 0.0882 e. The average Bonchev–Trinajstić information content (AvgIpc) is 2.17. The van der Waals surface area contributed by atoms with Crippen molar-refractivity contribution in [3.63, 3.8) is 0 Å². The molecule has 12 heavy (non-hydrogen) atoms. The zero-order valence-electron chi connectivity index (χ0n) is 6.78. The normalized spacial score (nSPS) is 9.83. The van der Waals surface area contributed by atoms with Crippen molar-refractivity contribution in [3.05, 3.63) is 35.4 Å². The van der Waals surface area contributed by atoms with Crippen LogP contribution < -0.4 is 0 Å². The third-order valence-electron chi connectivity index (χ3n) is 1.68. The summed E-state index contributed by atoms with van der Waals surface area (Å²) in [6, 6.07) is 8.30. The minimum atomic E-state index is 0.834. The second kappa shape index (κ2) is 4.90. The number of thiol groups is 1. The number of hydrogen-bond donors (Lipinski definition) is 1. The Labute approximate surface area is 87.6 Å². The third kappa shape index (κ3) is 2.51. The van der Waals surface area contributed by atoms with E-state index in [9.17, 15) is 0 Å². The van der Waals surface area contributed by atoms with Crippen LogP contribution in [0.5, 0.6) is 0 Å². The van der Waals surface area contributed by atoms with Gasteiger partial charge in [0.25, 0.3) is 0 Å². The van der Waals surface area contributed by atoms with Gasteiger partial charge < -0.3 is 0 Å². The molecule has 0 saturated carbocycles. The van der Waals surface area contributed by atoms with Gasteiger partial charge in [0.15, 0.2) is 0 Å². The summed E-state index contributed by atoms with van der Waals surface area (Å²) >= 11 is 9.14. The Balaban J connectivity index is 2.84.